The highest BCUT2D eigenvalue weighted by Crippen LogP contribution is 2.28. The lowest BCUT2D eigenvalue weighted by atomic mass is 10.1. The zero-order valence-corrected chi connectivity index (χ0v) is 15.0. The summed E-state index contributed by atoms with van der Waals surface area (Å²) in [5.74, 6) is -1.93. The molecule has 1 heterocycles. The molecule has 0 aromatic heterocycles. The quantitative estimate of drug-likeness (QED) is 0.612. The van der Waals surface area contributed by atoms with E-state index in [2.05, 4.69) is 15.9 Å². The molecule has 1 saturated heterocycles. The third-order valence-electron chi connectivity index (χ3n) is 3.68. The van der Waals surface area contributed by atoms with Crippen LogP contribution in [0.25, 0.3) is 6.08 Å². The molecular weight excluding hydrogens is 407 g/mol. The third kappa shape index (κ3) is 3.23. The van der Waals surface area contributed by atoms with E-state index in [1.54, 1.807) is 18.2 Å². The fourth-order valence-electron chi connectivity index (χ4n) is 2.45. The molecule has 0 spiro atoms. The molecule has 8 heteroatoms. The van der Waals surface area contributed by atoms with Gasteiger partial charge in [0.05, 0.1) is 17.3 Å². The van der Waals surface area contributed by atoms with Crippen molar-refractivity contribution in [2.24, 2.45) is 0 Å². The van der Waals surface area contributed by atoms with Crippen molar-refractivity contribution in [1.29, 1.82) is 0 Å². The maximum Gasteiger partial charge on any atom is 0.336 e. The second-order valence-electron chi connectivity index (χ2n) is 5.30. The lowest BCUT2D eigenvalue weighted by Gasteiger charge is -2.26. The molecule has 1 N–H and O–H groups in total. The van der Waals surface area contributed by atoms with E-state index in [4.69, 9.17) is 4.74 Å². The Labute approximate surface area is 156 Å². The number of halogens is 2. The van der Waals surface area contributed by atoms with Crippen LogP contribution in [0.3, 0.4) is 0 Å². The van der Waals surface area contributed by atoms with Crippen LogP contribution in [0.15, 0.2) is 52.5 Å². The van der Waals surface area contributed by atoms with Gasteiger partial charge in [0.15, 0.2) is 0 Å². The minimum atomic E-state index is -1.00. The SMILES string of the molecule is COc1ccc(C=C2C(=O)NC(=O)N(c3ccccc3F)C2=O)cc1Br. The van der Waals surface area contributed by atoms with Crippen molar-refractivity contribution >= 4 is 45.5 Å². The van der Waals surface area contributed by atoms with Gasteiger partial charge in [-0.2, -0.15) is 0 Å². The number of imide groups is 2. The number of carbonyl (C=O) groups excluding carboxylic acids is 3. The molecule has 1 aliphatic heterocycles. The Bertz CT molecular complexity index is 958. The maximum atomic E-state index is 14.0. The van der Waals surface area contributed by atoms with Gasteiger partial charge in [0.25, 0.3) is 11.8 Å². The number of amides is 4. The van der Waals surface area contributed by atoms with Crippen molar-refractivity contribution in [3.05, 3.63) is 63.9 Å². The Balaban J connectivity index is 2.03. The molecule has 0 radical (unpaired) electrons. The van der Waals surface area contributed by atoms with Gasteiger partial charge in [-0.25, -0.2) is 14.1 Å². The first-order valence-corrected chi connectivity index (χ1v) is 8.21. The van der Waals surface area contributed by atoms with E-state index in [-0.39, 0.29) is 11.3 Å². The number of methoxy groups -OCH3 is 1. The Morgan fingerprint density at radius 1 is 1.15 bits per heavy atom. The van der Waals surface area contributed by atoms with Crippen molar-refractivity contribution in [3.8, 4) is 5.75 Å². The molecule has 2 aromatic rings. The summed E-state index contributed by atoms with van der Waals surface area (Å²) in [6.45, 7) is 0. The Kier molecular flexibility index (Phi) is 4.85. The highest BCUT2D eigenvalue weighted by molar-refractivity contribution is 9.10. The molecule has 1 fully saturated rings. The molecule has 26 heavy (non-hydrogen) atoms. The number of anilines is 1. The maximum absolute atomic E-state index is 14.0. The average Bonchev–Trinajstić information content (AvgIpc) is 2.60. The number of hydrogen-bond acceptors (Lipinski definition) is 4. The number of benzene rings is 2. The Morgan fingerprint density at radius 3 is 2.54 bits per heavy atom. The highest BCUT2D eigenvalue weighted by atomic mass is 79.9. The fourth-order valence-corrected chi connectivity index (χ4v) is 3.01. The first-order valence-electron chi connectivity index (χ1n) is 7.42. The molecule has 6 nitrogen and oxygen atoms in total. The van der Waals surface area contributed by atoms with Crippen molar-refractivity contribution < 1.29 is 23.5 Å². The molecule has 132 valence electrons. The number of nitrogens with one attached hydrogen (secondary N) is 1. The van der Waals surface area contributed by atoms with Gasteiger partial charge in [-0.15, -0.1) is 0 Å². The molecule has 0 aliphatic carbocycles. The van der Waals surface area contributed by atoms with Gasteiger partial charge in [0.1, 0.15) is 17.1 Å². The number of rotatable bonds is 3. The van der Waals surface area contributed by atoms with E-state index in [1.165, 1.54) is 31.4 Å². The monoisotopic (exact) mass is 418 g/mol. The first-order chi connectivity index (χ1) is 12.4. The van der Waals surface area contributed by atoms with Crippen molar-refractivity contribution in [2.45, 2.75) is 0 Å². The molecule has 2 aromatic carbocycles. The summed E-state index contributed by atoms with van der Waals surface area (Å²) in [5, 5.41) is 2.05. The fraction of sp³-hybridized carbons (Fsp3) is 0.0556. The molecule has 4 amide bonds. The normalized spacial score (nSPS) is 16.0. The zero-order chi connectivity index (χ0) is 18.8. The van der Waals surface area contributed by atoms with Crippen LogP contribution in [0.2, 0.25) is 0 Å². The summed E-state index contributed by atoms with van der Waals surface area (Å²) in [5.41, 5.74) is 0.00763. The van der Waals surface area contributed by atoms with E-state index in [0.717, 1.165) is 6.07 Å². The predicted molar refractivity (Wildman–Crippen MR) is 96.1 cm³/mol. The number of para-hydroxylation sites is 1. The summed E-state index contributed by atoms with van der Waals surface area (Å²) < 4.78 is 19.8. The van der Waals surface area contributed by atoms with Crippen molar-refractivity contribution in [3.63, 3.8) is 0 Å². The number of hydrogen-bond donors (Lipinski definition) is 1. The van der Waals surface area contributed by atoms with Gasteiger partial charge in [-0.05, 0) is 51.8 Å². The van der Waals surface area contributed by atoms with Crippen LogP contribution in [0.4, 0.5) is 14.9 Å². The van der Waals surface area contributed by atoms with Crippen LogP contribution in [-0.2, 0) is 9.59 Å². The van der Waals surface area contributed by atoms with E-state index in [1.807, 2.05) is 5.32 Å². The topological polar surface area (TPSA) is 75.7 Å². The molecule has 1 aliphatic rings. The largest absolute Gasteiger partial charge is 0.496 e. The molecular formula is C18H12BrFN2O4. The smallest absolute Gasteiger partial charge is 0.336 e. The van der Waals surface area contributed by atoms with Crippen LogP contribution in [0.1, 0.15) is 5.56 Å². The van der Waals surface area contributed by atoms with Crippen LogP contribution < -0.4 is 15.0 Å². The van der Waals surface area contributed by atoms with Crippen molar-refractivity contribution in [1.82, 2.24) is 5.32 Å². The van der Waals surface area contributed by atoms with Crippen LogP contribution in [0, 0.1) is 5.82 Å². The van der Waals surface area contributed by atoms with Gasteiger partial charge < -0.3 is 4.74 Å². The number of barbiturate groups is 1. The van der Waals surface area contributed by atoms with Gasteiger partial charge in [-0.1, -0.05) is 18.2 Å². The van der Waals surface area contributed by atoms with Gasteiger partial charge in [0, 0.05) is 0 Å². The summed E-state index contributed by atoms with van der Waals surface area (Å²) in [7, 11) is 1.51. The lowest BCUT2D eigenvalue weighted by Crippen LogP contribution is -2.54. The number of ether oxygens (including phenoxy) is 1. The summed E-state index contributed by atoms with van der Waals surface area (Å²) in [4.78, 5) is 37.5. The van der Waals surface area contributed by atoms with E-state index >= 15 is 0 Å². The number of nitrogens with zero attached hydrogens (tertiary/aromatic N) is 1. The van der Waals surface area contributed by atoms with Gasteiger partial charge >= 0.3 is 6.03 Å². The molecule has 0 atom stereocenters. The number of carbonyl (C=O) groups is 3. The van der Waals surface area contributed by atoms with Gasteiger partial charge in [-0.3, -0.25) is 14.9 Å². The minimum absolute atomic E-state index is 0.232. The standard InChI is InChI=1S/C18H12BrFN2O4/c1-26-15-7-6-10(9-12(15)19)8-11-16(23)21-18(25)22(17(11)24)14-5-3-2-4-13(14)20/h2-9H,1H3,(H,21,23,25). The zero-order valence-electron chi connectivity index (χ0n) is 13.5. The Hall–Kier alpha value is -3.00. The van der Waals surface area contributed by atoms with Crippen molar-refractivity contribution in [2.75, 3.05) is 12.0 Å². The summed E-state index contributed by atoms with van der Waals surface area (Å²) in [6, 6.07) is 9.26. The van der Waals surface area contributed by atoms with E-state index in [9.17, 15) is 18.8 Å². The molecule has 0 saturated carbocycles. The Morgan fingerprint density at radius 2 is 1.88 bits per heavy atom. The molecule has 3 rings (SSSR count). The number of urea groups is 1. The lowest BCUT2D eigenvalue weighted by molar-refractivity contribution is -0.122. The van der Waals surface area contributed by atoms with Crippen LogP contribution in [-0.4, -0.2) is 25.0 Å². The third-order valence-corrected chi connectivity index (χ3v) is 4.30. The molecule has 0 unspecified atom stereocenters. The van der Waals surface area contributed by atoms with E-state index < -0.39 is 23.7 Å². The second-order valence-corrected chi connectivity index (χ2v) is 6.16. The average molecular weight is 419 g/mol. The second kappa shape index (κ2) is 7.09. The molecule has 0 bridgehead atoms. The van der Waals surface area contributed by atoms with Crippen LogP contribution in [0.5, 0.6) is 5.75 Å². The highest BCUT2D eigenvalue weighted by Gasteiger charge is 2.37. The first kappa shape index (κ1) is 17.8. The van der Waals surface area contributed by atoms with E-state index in [0.29, 0.717) is 20.7 Å². The van der Waals surface area contributed by atoms with Gasteiger partial charge in [0.2, 0.25) is 0 Å². The summed E-state index contributed by atoms with van der Waals surface area (Å²) in [6.07, 6.45) is 1.32. The minimum Gasteiger partial charge on any atom is -0.496 e. The van der Waals surface area contributed by atoms with Crippen LogP contribution >= 0.6 is 15.9 Å². The predicted octanol–water partition coefficient (Wildman–Crippen LogP) is 3.26. The summed E-state index contributed by atoms with van der Waals surface area (Å²) >= 11 is 3.32.